The highest BCUT2D eigenvalue weighted by molar-refractivity contribution is 7.92. The largest absolute Gasteiger partial charge is 0.480 e. The third-order valence-electron chi connectivity index (χ3n) is 5.97. The number of carboxylic acids is 1. The van der Waals surface area contributed by atoms with Gasteiger partial charge in [-0.3, -0.25) is 9.10 Å². The Morgan fingerprint density at radius 2 is 1.64 bits per heavy atom. The number of carbonyl (C=O) groups is 2. The summed E-state index contributed by atoms with van der Waals surface area (Å²) in [6.45, 7) is 2.94. The summed E-state index contributed by atoms with van der Waals surface area (Å²) in [6, 6.07) is 14.4. The van der Waals surface area contributed by atoms with E-state index in [1.54, 1.807) is 24.3 Å². The minimum absolute atomic E-state index is 0.189. The van der Waals surface area contributed by atoms with Gasteiger partial charge in [-0.15, -0.1) is 0 Å². The van der Waals surface area contributed by atoms with E-state index in [4.69, 9.17) is 0 Å². The maximum atomic E-state index is 13.0. The van der Waals surface area contributed by atoms with Crippen LogP contribution in [0, 0.1) is 0 Å². The molecule has 2 aromatic carbocycles. The monoisotopic (exact) mass is 473 g/mol. The lowest BCUT2D eigenvalue weighted by atomic mass is 10.0. The standard InChI is InChI=1S/C24H31N3O5S/c1-25(22(24(29)30)18-19-8-4-3-5-9-19)23(28)20-10-12-21(13-11-20)27(33(2,31)32)17-16-26-14-6-7-15-26/h3-5,8-13,22H,6-7,14-18H2,1-2H3,(H,29,30)/t22-/m0/s1. The highest BCUT2D eigenvalue weighted by Gasteiger charge is 2.28. The fraction of sp³-hybridized carbons (Fsp3) is 0.417. The summed E-state index contributed by atoms with van der Waals surface area (Å²) >= 11 is 0. The van der Waals surface area contributed by atoms with Crippen molar-refractivity contribution in [2.24, 2.45) is 0 Å². The van der Waals surface area contributed by atoms with Crippen molar-refractivity contribution in [1.29, 1.82) is 0 Å². The molecule has 1 fully saturated rings. The van der Waals surface area contributed by atoms with Crippen LogP contribution in [0.3, 0.4) is 0 Å². The predicted octanol–water partition coefficient (Wildman–Crippen LogP) is 2.32. The lowest BCUT2D eigenvalue weighted by Gasteiger charge is -2.27. The zero-order valence-electron chi connectivity index (χ0n) is 19.1. The first-order chi connectivity index (χ1) is 15.7. The minimum Gasteiger partial charge on any atom is -0.480 e. The van der Waals surface area contributed by atoms with Gasteiger partial charge in [-0.2, -0.15) is 0 Å². The van der Waals surface area contributed by atoms with Crippen LogP contribution in [0.15, 0.2) is 54.6 Å². The van der Waals surface area contributed by atoms with Crippen LogP contribution in [0.5, 0.6) is 0 Å². The topological polar surface area (TPSA) is 98.2 Å². The van der Waals surface area contributed by atoms with E-state index in [1.807, 2.05) is 30.3 Å². The average Bonchev–Trinajstić information content (AvgIpc) is 3.30. The van der Waals surface area contributed by atoms with Crippen molar-refractivity contribution < 1.29 is 23.1 Å². The van der Waals surface area contributed by atoms with E-state index >= 15 is 0 Å². The lowest BCUT2D eigenvalue weighted by molar-refractivity contribution is -0.141. The molecule has 3 rings (SSSR count). The van der Waals surface area contributed by atoms with Crippen molar-refractivity contribution in [3.63, 3.8) is 0 Å². The normalized spacial score (nSPS) is 15.2. The van der Waals surface area contributed by atoms with Crippen LogP contribution in [0.1, 0.15) is 28.8 Å². The molecule has 1 aliphatic heterocycles. The number of likely N-dealkylation sites (N-methyl/N-ethyl adjacent to an activating group) is 1. The number of benzene rings is 2. The smallest absolute Gasteiger partial charge is 0.326 e. The number of sulfonamides is 1. The van der Waals surface area contributed by atoms with Gasteiger partial charge in [-0.05, 0) is 55.8 Å². The summed E-state index contributed by atoms with van der Waals surface area (Å²) in [5, 5.41) is 9.68. The lowest BCUT2D eigenvalue weighted by Crippen LogP contribution is -2.43. The first kappa shape index (κ1) is 24.7. The summed E-state index contributed by atoms with van der Waals surface area (Å²) in [6.07, 6.45) is 3.62. The van der Waals surface area contributed by atoms with Crippen LogP contribution in [0.25, 0.3) is 0 Å². The molecule has 1 aliphatic rings. The molecule has 1 heterocycles. The van der Waals surface area contributed by atoms with Gasteiger partial charge in [-0.25, -0.2) is 13.2 Å². The van der Waals surface area contributed by atoms with Gasteiger partial charge in [0.2, 0.25) is 10.0 Å². The van der Waals surface area contributed by atoms with Crippen LogP contribution in [-0.2, 0) is 21.2 Å². The molecule has 0 bridgehead atoms. The number of likely N-dealkylation sites (tertiary alicyclic amines) is 1. The molecule has 1 N–H and O–H groups in total. The van der Waals surface area contributed by atoms with E-state index in [0.29, 0.717) is 24.3 Å². The van der Waals surface area contributed by atoms with Crippen LogP contribution in [0.2, 0.25) is 0 Å². The fourth-order valence-electron chi connectivity index (χ4n) is 4.07. The summed E-state index contributed by atoms with van der Waals surface area (Å²) < 4.78 is 26.1. The molecule has 0 saturated carbocycles. The predicted molar refractivity (Wildman–Crippen MR) is 128 cm³/mol. The van der Waals surface area contributed by atoms with Crippen LogP contribution < -0.4 is 4.31 Å². The number of nitrogens with zero attached hydrogens (tertiary/aromatic N) is 3. The Morgan fingerprint density at radius 3 is 2.18 bits per heavy atom. The zero-order valence-corrected chi connectivity index (χ0v) is 19.9. The first-order valence-electron chi connectivity index (χ1n) is 11.0. The second kappa shape index (κ2) is 10.8. The SMILES string of the molecule is CN(C(=O)c1ccc(N(CCN2CCCC2)S(C)(=O)=O)cc1)[C@@H](Cc1ccccc1)C(=O)O. The summed E-state index contributed by atoms with van der Waals surface area (Å²) in [5.74, 6) is -1.52. The molecule has 1 amide bonds. The van der Waals surface area contributed by atoms with Crippen molar-refractivity contribution in [3.05, 3.63) is 65.7 Å². The maximum absolute atomic E-state index is 13.0. The summed E-state index contributed by atoms with van der Waals surface area (Å²) in [7, 11) is -2.02. The number of amides is 1. The molecule has 0 aromatic heterocycles. The molecule has 33 heavy (non-hydrogen) atoms. The van der Waals surface area contributed by atoms with Gasteiger partial charge in [0.15, 0.2) is 0 Å². The van der Waals surface area contributed by atoms with Gasteiger partial charge in [0, 0.05) is 32.1 Å². The van der Waals surface area contributed by atoms with E-state index in [9.17, 15) is 23.1 Å². The van der Waals surface area contributed by atoms with E-state index in [2.05, 4.69) is 4.90 Å². The number of anilines is 1. The summed E-state index contributed by atoms with van der Waals surface area (Å²) in [4.78, 5) is 28.3. The van der Waals surface area contributed by atoms with Crippen LogP contribution in [0.4, 0.5) is 5.69 Å². The van der Waals surface area contributed by atoms with Crippen molar-refractivity contribution >= 4 is 27.6 Å². The molecule has 0 radical (unpaired) electrons. The fourth-order valence-corrected chi connectivity index (χ4v) is 4.99. The molecular weight excluding hydrogens is 442 g/mol. The number of carboxylic acid groups (broad SMARTS) is 1. The van der Waals surface area contributed by atoms with Crippen LogP contribution >= 0.6 is 0 Å². The average molecular weight is 474 g/mol. The molecule has 0 unspecified atom stereocenters. The van der Waals surface area contributed by atoms with E-state index < -0.39 is 27.9 Å². The highest BCUT2D eigenvalue weighted by atomic mass is 32.2. The number of carbonyl (C=O) groups excluding carboxylic acids is 1. The van der Waals surface area contributed by atoms with Crippen molar-refractivity contribution in [1.82, 2.24) is 9.80 Å². The van der Waals surface area contributed by atoms with Gasteiger partial charge in [-0.1, -0.05) is 30.3 Å². The van der Waals surface area contributed by atoms with Crippen molar-refractivity contribution in [3.8, 4) is 0 Å². The molecule has 1 atom stereocenters. The van der Waals surface area contributed by atoms with Crippen molar-refractivity contribution in [2.75, 3.05) is 43.8 Å². The van der Waals surface area contributed by atoms with E-state index in [0.717, 1.165) is 31.5 Å². The van der Waals surface area contributed by atoms with Crippen LogP contribution in [-0.4, -0.2) is 80.7 Å². The number of hydrogen-bond donors (Lipinski definition) is 1. The van der Waals surface area contributed by atoms with E-state index in [1.165, 1.54) is 22.5 Å². The number of rotatable bonds is 10. The molecule has 0 spiro atoms. The zero-order chi connectivity index (χ0) is 24.0. The summed E-state index contributed by atoms with van der Waals surface area (Å²) in [5.41, 5.74) is 1.60. The Morgan fingerprint density at radius 1 is 1.03 bits per heavy atom. The van der Waals surface area contributed by atoms with Crippen molar-refractivity contribution in [2.45, 2.75) is 25.3 Å². The van der Waals surface area contributed by atoms with Gasteiger partial charge in [0.1, 0.15) is 6.04 Å². The minimum atomic E-state index is -3.48. The first-order valence-corrected chi connectivity index (χ1v) is 12.9. The second-order valence-corrected chi connectivity index (χ2v) is 10.3. The number of hydrogen-bond acceptors (Lipinski definition) is 5. The highest BCUT2D eigenvalue weighted by Crippen LogP contribution is 2.20. The Labute approximate surface area is 195 Å². The molecule has 2 aromatic rings. The Balaban J connectivity index is 1.73. The van der Waals surface area contributed by atoms with Gasteiger partial charge in [0.25, 0.3) is 5.91 Å². The Bertz CT molecular complexity index is 1050. The molecule has 1 saturated heterocycles. The maximum Gasteiger partial charge on any atom is 0.326 e. The number of aliphatic carboxylic acids is 1. The molecule has 9 heteroatoms. The van der Waals surface area contributed by atoms with Gasteiger partial charge < -0.3 is 14.9 Å². The molecule has 8 nitrogen and oxygen atoms in total. The molecule has 178 valence electrons. The Hall–Kier alpha value is -2.91. The van der Waals surface area contributed by atoms with E-state index in [-0.39, 0.29) is 6.42 Å². The quantitative estimate of drug-likeness (QED) is 0.569. The van der Waals surface area contributed by atoms with Gasteiger partial charge >= 0.3 is 5.97 Å². The molecular formula is C24H31N3O5S. The third-order valence-corrected chi connectivity index (χ3v) is 7.16. The molecule has 0 aliphatic carbocycles. The third kappa shape index (κ3) is 6.55. The Kier molecular flexibility index (Phi) is 8.10. The second-order valence-electron chi connectivity index (χ2n) is 8.39. The van der Waals surface area contributed by atoms with Gasteiger partial charge in [0.05, 0.1) is 11.9 Å².